The number of halogens is 1. The maximum atomic E-state index is 12.9. The first-order valence-electron chi connectivity index (χ1n) is 10.2. The van der Waals surface area contributed by atoms with E-state index in [0.29, 0.717) is 29.4 Å². The fourth-order valence-electron chi connectivity index (χ4n) is 3.82. The fourth-order valence-corrected chi connectivity index (χ4v) is 3.95. The highest BCUT2D eigenvalue weighted by atomic mass is 35.5. The third-order valence-electron chi connectivity index (χ3n) is 5.54. The number of benzene rings is 2. The smallest absolute Gasteiger partial charge is 0.321 e. The Balaban J connectivity index is 1.42. The number of fused-ring (bicyclic) bond motifs is 1. The van der Waals surface area contributed by atoms with Crippen LogP contribution in [0.2, 0.25) is 5.02 Å². The predicted molar refractivity (Wildman–Crippen MR) is 120 cm³/mol. The topological polar surface area (TPSA) is 64.7 Å². The zero-order valence-electron chi connectivity index (χ0n) is 17.0. The third kappa shape index (κ3) is 4.66. The minimum absolute atomic E-state index is 0.274. The number of carbonyl (C=O) groups excluding carboxylic acids is 2. The standard InChI is InChI=1S/C23H25ClN4O2/c1-27-13-10-16-4-7-20(15-17(16)11-14-27)25-22(29)21-3-2-12-28(21)23(30)26-19-8-5-18(24)6-9-19/h3-9,15H,2,10-14H2,1H3,(H,25,29)(H,26,30). The van der Waals surface area contributed by atoms with E-state index in [2.05, 4.69) is 34.7 Å². The molecule has 2 aliphatic rings. The number of hydrogen-bond donors (Lipinski definition) is 2. The predicted octanol–water partition coefficient (Wildman–Crippen LogP) is 4.13. The molecule has 0 aromatic heterocycles. The third-order valence-corrected chi connectivity index (χ3v) is 5.80. The molecule has 30 heavy (non-hydrogen) atoms. The van der Waals surface area contributed by atoms with E-state index in [4.69, 9.17) is 11.6 Å². The first kappa shape index (κ1) is 20.4. The van der Waals surface area contributed by atoms with E-state index in [-0.39, 0.29) is 11.9 Å². The molecule has 0 fully saturated rings. The van der Waals surface area contributed by atoms with Gasteiger partial charge in [0.25, 0.3) is 5.91 Å². The van der Waals surface area contributed by atoms with Crippen molar-refractivity contribution in [2.75, 3.05) is 37.3 Å². The van der Waals surface area contributed by atoms with Gasteiger partial charge in [-0.05, 0) is 73.8 Å². The molecule has 7 heteroatoms. The van der Waals surface area contributed by atoms with Gasteiger partial charge in [0.05, 0.1) is 0 Å². The van der Waals surface area contributed by atoms with E-state index < -0.39 is 0 Å². The Morgan fingerprint density at radius 3 is 2.37 bits per heavy atom. The van der Waals surface area contributed by atoms with Gasteiger partial charge < -0.3 is 15.5 Å². The van der Waals surface area contributed by atoms with Gasteiger partial charge in [-0.25, -0.2) is 4.79 Å². The second kappa shape index (κ2) is 8.90. The van der Waals surface area contributed by atoms with Crippen LogP contribution in [0, 0.1) is 0 Å². The molecule has 2 aromatic carbocycles. The van der Waals surface area contributed by atoms with Crippen molar-refractivity contribution in [2.45, 2.75) is 19.3 Å². The van der Waals surface area contributed by atoms with E-state index in [1.807, 2.05) is 6.07 Å². The second-order valence-corrected chi connectivity index (χ2v) is 8.14. The van der Waals surface area contributed by atoms with Gasteiger partial charge in [0.1, 0.15) is 5.70 Å². The maximum absolute atomic E-state index is 12.9. The van der Waals surface area contributed by atoms with Crippen molar-refractivity contribution in [1.82, 2.24) is 9.80 Å². The van der Waals surface area contributed by atoms with Crippen LogP contribution < -0.4 is 10.6 Å². The number of likely N-dealkylation sites (N-methyl/N-ethyl adjacent to an activating group) is 1. The van der Waals surface area contributed by atoms with Gasteiger partial charge in [-0.3, -0.25) is 9.69 Å². The van der Waals surface area contributed by atoms with Crippen LogP contribution in [0.1, 0.15) is 17.5 Å². The van der Waals surface area contributed by atoms with Crippen LogP contribution in [0.25, 0.3) is 0 Å². The van der Waals surface area contributed by atoms with Crippen LogP contribution in [0.5, 0.6) is 0 Å². The normalized spacial score (nSPS) is 16.5. The first-order chi connectivity index (χ1) is 14.5. The summed E-state index contributed by atoms with van der Waals surface area (Å²) in [4.78, 5) is 29.4. The number of rotatable bonds is 3. The summed E-state index contributed by atoms with van der Waals surface area (Å²) in [6.07, 6.45) is 4.43. The lowest BCUT2D eigenvalue weighted by Gasteiger charge is -2.20. The summed E-state index contributed by atoms with van der Waals surface area (Å²) in [5.74, 6) is -0.274. The molecule has 0 unspecified atom stereocenters. The summed E-state index contributed by atoms with van der Waals surface area (Å²) in [6, 6.07) is 12.6. The van der Waals surface area contributed by atoms with Crippen molar-refractivity contribution < 1.29 is 9.59 Å². The SMILES string of the molecule is CN1CCc2ccc(NC(=O)C3=CCCN3C(=O)Nc3ccc(Cl)cc3)cc2CC1. The Labute approximate surface area is 181 Å². The van der Waals surface area contributed by atoms with Crippen molar-refractivity contribution in [3.63, 3.8) is 0 Å². The molecular formula is C23H25ClN4O2. The molecule has 2 aromatic rings. The molecule has 0 radical (unpaired) electrons. The van der Waals surface area contributed by atoms with E-state index in [1.54, 1.807) is 30.3 Å². The van der Waals surface area contributed by atoms with Crippen LogP contribution >= 0.6 is 11.6 Å². The minimum atomic E-state index is -0.332. The van der Waals surface area contributed by atoms with Crippen LogP contribution in [-0.2, 0) is 17.6 Å². The lowest BCUT2D eigenvalue weighted by atomic mass is 10.0. The lowest BCUT2D eigenvalue weighted by molar-refractivity contribution is -0.113. The first-order valence-corrected chi connectivity index (χ1v) is 10.5. The summed E-state index contributed by atoms with van der Waals surface area (Å²) < 4.78 is 0. The molecular weight excluding hydrogens is 400 g/mol. The van der Waals surface area contributed by atoms with Crippen molar-refractivity contribution in [2.24, 2.45) is 0 Å². The molecule has 0 atom stereocenters. The summed E-state index contributed by atoms with van der Waals surface area (Å²) in [7, 11) is 2.13. The van der Waals surface area contributed by atoms with Crippen molar-refractivity contribution in [3.8, 4) is 0 Å². The molecule has 6 nitrogen and oxygen atoms in total. The molecule has 3 amide bonds. The number of nitrogens with one attached hydrogen (secondary N) is 2. The van der Waals surface area contributed by atoms with Crippen molar-refractivity contribution in [3.05, 3.63) is 70.4 Å². The Morgan fingerprint density at radius 2 is 1.60 bits per heavy atom. The van der Waals surface area contributed by atoms with Crippen LogP contribution in [0.3, 0.4) is 0 Å². The summed E-state index contributed by atoms with van der Waals surface area (Å²) >= 11 is 5.89. The zero-order chi connectivity index (χ0) is 21.1. The fraction of sp³-hybridized carbons (Fsp3) is 0.304. The average Bonchev–Trinajstić information content (AvgIpc) is 3.16. The molecule has 0 saturated carbocycles. The highest BCUT2D eigenvalue weighted by Crippen LogP contribution is 2.23. The largest absolute Gasteiger partial charge is 0.326 e. The number of anilines is 2. The monoisotopic (exact) mass is 424 g/mol. The Bertz CT molecular complexity index is 987. The molecule has 0 aliphatic carbocycles. The van der Waals surface area contributed by atoms with E-state index in [0.717, 1.165) is 31.6 Å². The Morgan fingerprint density at radius 1 is 0.900 bits per heavy atom. The molecule has 4 rings (SSSR count). The quantitative estimate of drug-likeness (QED) is 0.778. The van der Waals surface area contributed by atoms with Crippen LogP contribution in [-0.4, -0.2) is 48.4 Å². The highest BCUT2D eigenvalue weighted by Gasteiger charge is 2.27. The number of nitrogens with zero attached hydrogens (tertiary/aromatic N) is 2. The van der Waals surface area contributed by atoms with E-state index in [9.17, 15) is 9.59 Å². The van der Waals surface area contributed by atoms with Gasteiger partial charge in [-0.15, -0.1) is 0 Å². The van der Waals surface area contributed by atoms with Gasteiger partial charge in [-0.2, -0.15) is 0 Å². The zero-order valence-corrected chi connectivity index (χ0v) is 17.7. The van der Waals surface area contributed by atoms with E-state index >= 15 is 0 Å². The molecule has 0 saturated heterocycles. The summed E-state index contributed by atoms with van der Waals surface area (Å²) in [5, 5.41) is 6.38. The number of amides is 3. The summed E-state index contributed by atoms with van der Waals surface area (Å²) in [5.41, 5.74) is 4.37. The van der Waals surface area contributed by atoms with Gasteiger partial charge in [-0.1, -0.05) is 23.7 Å². The van der Waals surface area contributed by atoms with Crippen molar-refractivity contribution >= 4 is 34.9 Å². The lowest BCUT2D eigenvalue weighted by Crippen LogP contribution is -2.36. The van der Waals surface area contributed by atoms with Gasteiger partial charge in [0.15, 0.2) is 0 Å². The van der Waals surface area contributed by atoms with Crippen molar-refractivity contribution in [1.29, 1.82) is 0 Å². The molecule has 2 N–H and O–H groups in total. The molecule has 0 spiro atoms. The number of hydrogen-bond acceptors (Lipinski definition) is 3. The van der Waals surface area contributed by atoms with Gasteiger partial charge in [0.2, 0.25) is 0 Å². The number of carbonyl (C=O) groups is 2. The van der Waals surface area contributed by atoms with Crippen LogP contribution in [0.4, 0.5) is 16.2 Å². The molecule has 2 aliphatic heterocycles. The van der Waals surface area contributed by atoms with E-state index in [1.165, 1.54) is 16.0 Å². The number of urea groups is 1. The van der Waals surface area contributed by atoms with Gasteiger partial charge >= 0.3 is 6.03 Å². The highest BCUT2D eigenvalue weighted by molar-refractivity contribution is 6.30. The van der Waals surface area contributed by atoms with Crippen LogP contribution in [0.15, 0.2) is 54.2 Å². The molecule has 2 heterocycles. The maximum Gasteiger partial charge on any atom is 0.326 e. The van der Waals surface area contributed by atoms with Gasteiger partial charge in [0, 0.05) is 36.0 Å². The minimum Gasteiger partial charge on any atom is -0.321 e. The Kier molecular flexibility index (Phi) is 6.06. The molecule has 0 bridgehead atoms. The summed E-state index contributed by atoms with van der Waals surface area (Å²) in [6.45, 7) is 2.52. The average molecular weight is 425 g/mol. The Hall–Kier alpha value is -2.83. The molecule has 156 valence electrons. The second-order valence-electron chi connectivity index (χ2n) is 7.71.